The normalized spacial score (nSPS) is 10.7. The van der Waals surface area contributed by atoms with Gasteiger partial charge in [0.2, 0.25) is 5.91 Å². The van der Waals surface area contributed by atoms with E-state index in [1.165, 1.54) is 23.1 Å². The van der Waals surface area contributed by atoms with Gasteiger partial charge in [0.25, 0.3) is 5.69 Å². The molecule has 0 unspecified atom stereocenters. The van der Waals surface area contributed by atoms with E-state index in [1.54, 1.807) is 29.5 Å². The number of nitro benzene ring substituents is 1. The summed E-state index contributed by atoms with van der Waals surface area (Å²) in [5, 5.41) is 15.4. The molecule has 5 nitrogen and oxygen atoms in total. The molecule has 1 amide bonds. The Balaban J connectivity index is 1.84. The second-order valence-corrected chi connectivity index (χ2v) is 5.34. The number of non-ortho nitro benzene ring substituents is 1. The molecule has 0 bridgehead atoms. The smallest absolute Gasteiger partial charge is 0.270 e. The Bertz CT molecular complexity index is 651. The van der Waals surface area contributed by atoms with Crippen molar-refractivity contribution in [3.63, 3.8) is 0 Å². The van der Waals surface area contributed by atoms with Crippen LogP contribution in [0.5, 0.6) is 0 Å². The molecule has 2 aromatic rings. The van der Waals surface area contributed by atoms with E-state index in [9.17, 15) is 14.9 Å². The molecule has 0 saturated carbocycles. The maximum absolute atomic E-state index is 11.6. The molecule has 0 saturated heterocycles. The summed E-state index contributed by atoms with van der Waals surface area (Å²) in [6.07, 6.45) is 3.75. The molecular formula is C15H14N2O3S. The summed E-state index contributed by atoms with van der Waals surface area (Å²) in [6, 6.07) is 10.1. The number of carbonyl (C=O) groups is 1. The first-order valence-corrected chi connectivity index (χ1v) is 7.26. The predicted molar refractivity (Wildman–Crippen MR) is 83.2 cm³/mol. The summed E-state index contributed by atoms with van der Waals surface area (Å²) >= 11 is 1.66. The summed E-state index contributed by atoms with van der Waals surface area (Å²) in [5.74, 6) is -0.210. The predicted octanol–water partition coefficient (Wildman–Crippen LogP) is 3.03. The molecule has 1 aromatic heterocycles. The van der Waals surface area contributed by atoms with E-state index in [1.807, 2.05) is 17.5 Å². The number of nitro groups is 1. The summed E-state index contributed by atoms with van der Waals surface area (Å²) < 4.78 is 0. The number of carbonyl (C=O) groups excluding carboxylic acids is 1. The van der Waals surface area contributed by atoms with Gasteiger partial charge in [-0.3, -0.25) is 14.9 Å². The zero-order chi connectivity index (χ0) is 15.1. The number of benzene rings is 1. The average Bonchev–Trinajstić information content (AvgIpc) is 2.99. The number of nitrogens with zero attached hydrogens (tertiary/aromatic N) is 1. The molecule has 2 rings (SSSR count). The standard InChI is InChI=1S/C15H14N2O3S/c18-15(16-9-8-14-5-2-10-21-14)7-6-12-3-1-4-13(11-12)17(19)20/h1-7,10-11H,8-9H2,(H,16,18)/b7-6+. The van der Waals surface area contributed by atoms with Crippen molar-refractivity contribution < 1.29 is 9.72 Å². The first kappa shape index (κ1) is 14.9. The fraction of sp³-hybridized carbons (Fsp3) is 0.133. The van der Waals surface area contributed by atoms with Crippen LogP contribution in [0, 0.1) is 10.1 Å². The first-order valence-electron chi connectivity index (χ1n) is 6.38. The van der Waals surface area contributed by atoms with Gasteiger partial charge in [0, 0.05) is 29.6 Å². The molecule has 0 atom stereocenters. The van der Waals surface area contributed by atoms with Crippen molar-refractivity contribution in [2.75, 3.05) is 6.54 Å². The second kappa shape index (κ2) is 7.35. The molecular weight excluding hydrogens is 288 g/mol. The molecule has 0 aliphatic carbocycles. The minimum Gasteiger partial charge on any atom is -0.352 e. The van der Waals surface area contributed by atoms with Gasteiger partial charge in [-0.1, -0.05) is 18.2 Å². The molecule has 6 heteroatoms. The largest absolute Gasteiger partial charge is 0.352 e. The Hall–Kier alpha value is -2.47. The molecule has 1 aromatic carbocycles. The van der Waals surface area contributed by atoms with Gasteiger partial charge < -0.3 is 5.32 Å². The van der Waals surface area contributed by atoms with Gasteiger partial charge >= 0.3 is 0 Å². The fourth-order valence-electron chi connectivity index (χ4n) is 1.74. The topological polar surface area (TPSA) is 72.2 Å². The van der Waals surface area contributed by atoms with Gasteiger partial charge in [0.05, 0.1) is 4.92 Å². The zero-order valence-electron chi connectivity index (χ0n) is 11.2. The van der Waals surface area contributed by atoms with Gasteiger partial charge in [-0.25, -0.2) is 0 Å². The number of thiophene rings is 1. The van der Waals surface area contributed by atoms with Crippen LogP contribution >= 0.6 is 11.3 Å². The average molecular weight is 302 g/mol. The minimum atomic E-state index is -0.460. The second-order valence-electron chi connectivity index (χ2n) is 4.31. The monoisotopic (exact) mass is 302 g/mol. The van der Waals surface area contributed by atoms with Crippen LogP contribution in [0.25, 0.3) is 6.08 Å². The van der Waals surface area contributed by atoms with E-state index in [4.69, 9.17) is 0 Å². The van der Waals surface area contributed by atoms with Crippen molar-refractivity contribution in [3.8, 4) is 0 Å². The first-order chi connectivity index (χ1) is 10.1. The van der Waals surface area contributed by atoms with Gasteiger partial charge in [-0.2, -0.15) is 0 Å². The Labute approximate surface area is 126 Å². The van der Waals surface area contributed by atoms with Gasteiger partial charge in [0.15, 0.2) is 0 Å². The maximum Gasteiger partial charge on any atom is 0.270 e. The third kappa shape index (κ3) is 4.85. The molecule has 1 heterocycles. The van der Waals surface area contributed by atoms with Crippen molar-refractivity contribution in [3.05, 3.63) is 68.4 Å². The summed E-state index contributed by atoms with van der Waals surface area (Å²) in [7, 11) is 0. The molecule has 0 spiro atoms. The zero-order valence-corrected chi connectivity index (χ0v) is 12.0. The lowest BCUT2D eigenvalue weighted by atomic mass is 10.2. The van der Waals surface area contributed by atoms with Gasteiger partial charge in [0.1, 0.15) is 0 Å². The number of hydrogen-bond donors (Lipinski definition) is 1. The third-order valence-corrected chi connectivity index (χ3v) is 3.70. The highest BCUT2D eigenvalue weighted by Crippen LogP contribution is 2.14. The van der Waals surface area contributed by atoms with Crippen molar-refractivity contribution in [1.82, 2.24) is 5.32 Å². The number of nitrogens with one attached hydrogen (secondary N) is 1. The van der Waals surface area contributed by atoms with E-state index in [2.05, 4.69) is 5.32 Å². The van der Waals surface area contributed by atoms with Crippen molar-refractivity contribution in [2.24, 2.45) is 0 Å². The number of amides is 1. The fourth-order valence-corrected chi connectivity index (χ4v) is 2.45. The maximum atomic E-state index is 11.6. The number of hydrogen-bond acceptors (Lipinski definition) is 4. The van der Waals surface area contributed by atoms with E-state index >= 15 is 0 Å². The Morgan fingerprint density at radius 2 is 2.19 bits per heavy atom. The van der Waals surface area contributed by atoms with Crippen LogP contribution in [0.1, 0.15) is 10.4 Å². The molecule has 0 fully saturated rings. The highest BCUT2D eigenvalue weighted by atomic mass is 32.1. The van der Waals surface area contributed by atoms with Crippen molar-refractivity contribution in [1.29, 1.82) is 0 Å². The lowest BCUT2D eigenvalue weighted by Gasteiger charge is -2.00. The lowest BCUT2D eigenvalue weighted by molar-refractivity contribution is -0.384. The van der Waals surface area contributed by atoms with Crippen molar-refractivity contribution >= 4 is 29.0 Å². The van der Waals surface area contributed by atoms with Crippen LogP contribution in [-0.4, -0.2) is 17.4 Å². The molecule has 108 valence electrons. The lowest BCUT2D eigenvalue weighted by Crippen LogP contribution is -2.23. The van der Waals surface area contributed by atoms with Gasteiger partial charge in [-0.15, -0.1) is 11.3 Å². The quantitative estimate of drug-likeness (QED) is 0.506. The van der Waals surface area contributed by atoms with Crippen molar-refractivity contribution in [2.45, 2.75) is 6.42 Å². The number of rotatable bonds is 6. The molecule has 0 radical (unpaired) electrons. The van der Waals surface area contributed by atoms with E-state index in [-0.39, 0.29) is 11.6 Å². The van der Waals surface area contributed by atoms with E-state index in [0.717, 1.165) is 6.42 Å². The van der Waals surface area contributed by atoms with Crippen LogP contribution < -0.4 is 5.32 Å². The van der Waals surface area contributed by atoms with Crippen LogP contribution in [0.2, 0.25) is 0 Å². The van der Waals surface area contributed by atoms with Crippen LogP contribution in [0.15, 0.2) is 47.9 Å². The Morgan fingerprint density at radius 3 is 2.90 bits per heavy atom. The SMILES string of the molecule is O=C(/C=C/c1cccc([N+](=O)[O-])c1)NCCc1cccs1. The van der Waals surface area contributed by atoms with Gasteiger partial charge in [-0.05, 0) is 29.5 Å². The Morgan fingerprint density at radius 1 is 1.33 bits per heavy atom. The highest BCUT2D eigenvalue weighted by molar-refractivity contribution is 7.09. The molecule has 0 aliphatic rings. The minimum absolute atomic E-state index is 0.00949. The summed E-state index contributed by atoms with van der Waals surface area (Å²) in [4.78, 5) is 23.0. The van der Waals surface area contributed by atoms with Crippen LogP contribution in [0.3, 0.4) is 0 Å². The summed E-state index contributed by atoms with van der Waals surface area (Å²) in [6.45, 7) is 0.568. The van der Waals surface area contributed by atoms with Crippen LogP contribution in [0.4, 0.5) is 5.69 Å². The van der Waals surface area contributed by atoms with E-state index in [0.29, 0.717) is 12.1 Å². The van der Waals surface area contributed by atoms with E-state index < -0.39 is 4.92 Å². The van der Waals surface area contributed by atoms with Crippen LogP contribution in [-0.2, 0) is 11.2 Å². The molecule has 21 heavy (non-hydrogen) atoms. The Kier molecular flexibility index (Phi) is 5.22. The molecule has 0 aliphatic heterocycles. The third-order valence-electron chi connectivity index (χ3n) is 2.76. The molecule has 1 N–H and O–H groups in total. The summed E-state index contributed by atoms with van der Waals surface area (Å²) in [5.41, 5.74) is 0.632. The highest BCUT2D eigenvalue weighted by Gasteiger charge is 2.04.